The lowest BCUT2D eigenvalue weighted by molar-refractivity contribution is -0.137. The van der Waals surface area contributed by atoms with Crippen LogP contribution in [0.4, 0.5) is 8.78 Å². The van der Waals surface area contributed by atoms with Crippen molar-refractivity contribution in [3.63, 3.8) is 0 Å². The molecule has 0 heterocycles. The molecule has 0 aliphatic heterocycles. The van der Waals surface area contributed by atoms with Crippen LogP contribution in [-0.4, -0.2) is 24.0 Å². The molecule has 7 heteroatoms. The molecular weight excluding hydrogens is 289 g/mol. The summed E-state index contributed by atoms with van der Waals surface area (Å²) >= 11 is 0. The van der Waals surface area contributed by atoms with Crippen molar-refractivity contribution < 1.29 is 27.5 Å². The van der Waals surface area contributed by atoms with Crippen molar-refractivity contribution in [2.75, 3.05) is 13.2 Å². The molecule has 0 saturated heterocycles. The largest absolute Gasteiger partial charge is 0.403 e. The van der Waals surface area contributed by atoms with Gasteiger partial charge in [-0.25, -0.2) is 0 Å². The van der Waals surface area contributed by atoms with Crippen LogP contribution in [0.25, 0.3) is 0 Å². The SMILES string of the molecule is CCOP(=O)(OCC)C(F)(F)[C@@](C)(O)c1ccccc1. The Bertz CT molecular complexity index is 467. The predicted molar refractivity (Wildman–Crippen MR) is 71.8 cm³/mol. The summed E-state index contributed by atoms with van der Waals surface area (Å²) in [6.07, 6.45) is 0. The van der Waals surface area contributed by atoms with Gasteiger partial charge in [-0.05, 0) is 26.3 Å². The van der Waals surface area contributed by atoms with E-state index in [4.69, 9.17) is 0 Å². The van der Waals surface area contributed by atoms with Crippen LogP contribution < -0.4 is 0 Å². The third kappa shape index (κ3) is 2.93. The van der Waals surface area contributed by atoms with Crippen LogP contribution in [-0.2, 0) is 19.2 Å². The van der Waals surface area contributed by atoms with Gasteiger partial charge < -0.3 is 14.2 Å². The highest BCUT2D eigenvalue weighted by molar-refractivity contribution is 7.55. The number of aliphatic hydroxyl groups is 1. The van der Waals surface area contributed by atoms with Gasteiger partial charge in [0.2, 0.25) is 0 Å². The molecule has 0 unspecified atom stereocenters. The molecule has 1 aromatic carbocycles. The van der Waals surface area contributed by atoms with Crippen LogP contribution in [0.15, 0.2) is 30.3 Å². The Kier molecular flexibility index (Phi) is 5.44. The quantitative estimate of drug-likeness (QED) is 0.779. The Hall–Kier alpha value is -0.810. The molecule has 1 N–H and O–H groups in total. The third-order valence-corrected chi connectivity index (χ3v) is 5.18. The second kappa shape index (κ2) is 6.31. The van der Waals surface area contributed by atoms with Crippen molar-refractivity contribution in [2.45, 2.75) is 32.0 Å². The number of rotatable bonds is 7. The average Bonchev–Trinajstić information content (AvgIpc) is 2.40. The van der Waals surface area contributed by atoms with Gasteiger partial charge in [-0.1, -0.05) is 30.3 Å². The van der Waals surface area contributed by atoms with Crippen LogP contribution >= 0.6 is 7.60 Å². The number of halogens is 2. The molecule has 1 aromatic rings. The summed E-state index contributed by atoms with van der Waals surface area (Å²) in [7, 11) is -4.79. The van der Waals surface area contributed by atoms with Crippen molar-refractivity contribution in [1.29, 1.82) is 0 Å². The van der Waals surface area contributed by atoms with Crippen molar-refractivity contribution in [3.8, 4) is 0 Å². The highest BCUT2D eigenvalue weighted by Gasteiger charge is 2.65. The van der Waals surface area contributed by atoms with E-state index in [0.717, 1.165) is 6.92 Å². The Morgan fingerprint density at radius 3 is 2.00 bits per heavy atom. The van der Waals surface area contributed by atoms with Crippen molar-refractivity contribution in [3.05, 3.63) is 35.9 Å². The first kappa shape index (κ1) is 17.2. The van der Waals surface area contributed by atoms with Gasteiger partial charge in [-0.15, -0.1) is 0 Å². The maximum absolute atomic E-state index is 14.5. The number of hydrogen-bond acceptors (Lipinski definition) is 4. The van der Waals surface area contributed by atoms with Crippen molar-refractivity contribution >= 4 is 7.60 Å². The van der Waals surface area contributed by atoms with Crippen LogP contribution in [0.2, 0.25) is 0 Å². The Morgan fingerprint density at radius 1 is 1.15 bits per heavy atom. The molecule has 0 aliphatic carbocycles. The molecule has 0 aliphatic rings. The summed E-state index contributed by atoms with van der Waals surface area (Å²) < 4.78 is 50.7. The first-order valence-electron chi connectivity index (χ1n) is 6.28. The van der Waals surface area contributed by atoms with E-state index in [0.29, 0.717) is 0 Å². The average molecular weight is 308 g/mol. The molecule has 0 amide bonds. The minimum Gasteiger partial charge on any atom is -0.378 e. The van der Waals surface area contributed by atoms with Gasteiger partial charge in [0.1, 0.15) is 0 Å². The van der Waals surface area contributed by atoms with E-state index >= 15 is 0 Å². The minimum atomic E-state index is -4.79. The van der Waals surface area contributed by atoms with Gasteiger partial charge in [0.25, 0.3) is 0 Å². The Morgan fingerprint density at radius 2 is 1.60 bits per heavy atom. The maximum atomic E-state index is 14.5. The molecular formula is C13H19F2O4P. The molecule has 4 nitrogen and oxygen atoms in total. The number of alkyl halides is 2. The molecule has 1 rings (SSSR count). The van der Waals surface area contributed by atoms with Crippen molar-refractivity contribution in [1.82, 2.24) is 0 Å². The highest BCUT2D eigenvalue weighted by atomic mass is 31.2. The van der Waals surface area contributed by atoms with Crippen LogP contribution in [0, 0.1) is 0 Å². The Balaban J connectivity index is 3.28. The van der Waals surface area contributed by atoms with Crippen LogP contribution in [0.1, 0.15) is 26.3 Å². The second-order valence-corrected chi connectivity index (χ2v) is 6.39. The first-order valence-corrected chi connectivity index (χ1v) is 7.82. The summed E-state index contributed by atoms with van der Waals surface area (Å²) in [5.41, 5.74) is -6.81. The zero-order valence-electron chi connectivity index (χ0n) is 11.7. The topological polar surface area (TPSA) is 55.8 Å². The van der Waals surface area contributed by atoms with Gasteiger partial charge >= 0.3 is 13.3 Å². The van der Waals surface area contributed by atoms with E-state index in [1.165, 1.54) is 38.1 Å². The number of benzene rings is 1. The molecule has 20 heavy (non-hydrogen) atoms. The molecule has 114 valence electrons. The standard InChI is InChI=1S/C13H19F2O4P/c1-4-18-20(17,19-5-2)13(14,15)12(3,16)11-9-7-6-8-10-11/h6-10,16H,4-5H2,1-3H3/t12-/m0/s1. The summed E-state index contributed by atoms with van der Waals surface area (Å²) in [5, 5.41) is 10.2. The van der Waals surface area contributed by atoms with E-state index in [-0.39, 0.29) is 18.8 Å². The monoisotopic (exact) mass is 308 g/mol. The molecule has 0 spiro atoms. The number of hydrogen-bond donors (Lipinski definition) is 1. The molecule has 0 fully saturated rings. The summed E-state index contributed by atoms with van der Waals surface area (Å²) in [6, 6.07) is 7.30. The van der Waals surface area contributed by atoms with E-state index in [1.807, 2.05) is 0 Å². The fraction of sp³-hybridized carbons (Fsp3) is 0.538. The van der Waals surface area contributed by atoms with Gasteiger partial charge in [0.05, 0.1) is 13.2 Å². The van der Waals surface area contributed by atoms with Gasteiger partial charge in [-0.2, -0.15) is 8.78 Å². The summed E-state index contributed by atoms with van der Waals surface area (Å²) in [5.74, 6) is 0. The maximum Gasteiger partial charge on any atom is 0.403 e. The minimum absolute atomic E-state index is 0.0652. The third-order valence-electron chi connectivity index (χ3n) is 2.86. The normalized spacial score (nSPS) is 15.9. The van der Waals surface area contributed by atoms with Crippen molar-refractivity contribution in [2.24, 2.45) is 0 Å². The van der Waals surface area contributed by atoms with E-state index in [1.54, 1.807) is 6.07 Å². The predicted octanol–water partition coefficient (Wildman–Crippen LogP) is 3.75. The van der Waals surface area contributed by atoms with E-state index < -0.39 is 18.9 Å². The fourth-order valence-electron chi connectivity index (χ4n) is 1.74. The molecule has 0 aromatic heterocycles. The zero-order chi connectivity index (χ0) is 15.4. The highest BCUT2D eigenvalue weighted by Crippen LogP contribution is 2.67. The van der Waals surface area contributed by atoms with Crippen LogP contribution in [0.3, 0.4) is 0 Å². The molecule has 0 bridgehead atoms. The first-order chi connectivity index (χ1) is 9.23. The lowest BCUT2D eigenvalue weighted by atomic mass is 9.96. The van der Waals surface area contributed by atoms with E-state index in [9.17, 15) is 18.5 Å². The molecule has 0 radical (unpaired) electrons. The lowest BCUT2D eigenvalue weighted by Crippen LogP contribution is -2.43. The van der Waals surface area contributed by atoms with Gasteiger partial charge in [0.15, 0.2) is 5.60 Å². The zero-order valence-corrected chi connectivity index (χ0v) is 12.6. The van der Waals surface area contributed by atoms with Gasteiger partial charge in [-0.3, -0.25) is 4.57 Å². The van der Waals surface area contributed by atoms with Crippen LogP contribution in [0.5, 0.6) is 0 Å². The lowest BCUT2D eigenvalue weighted by Gasteiger charge is -2.36. The second-order valence-electron chi connectivity index (χ2n) is 4.31. The summed E-state index contributed by atoms with van der Waals surface area (Å²) in [4.78, 5) is 0. The fourth-order valence-corrected chi connectivity index (χ4v) is 3.48. The molecule has 0 saturated carbocycles. The van der Waals surface area contributed by atoms with E-state index in [2.05, 4.69) is 9.05 Å². The Labute approximate surface area is 117 Å². The smallest absolute Gasteiger partial charge is 0.378 e. The molecule has 1 atom stereocenters. The summed E-state index contributed by atoms with van der Waals surface area (Å²) in [6.45, 7) is 3.33. The van der Waals surface area contributed by atoms with Gasteiger partial charge in [0, 0.05) is 0 Å².